The molecule has 0 aliphatic carbocycles. The molecule has 0 spiro atoms. The van der Waals surface area contributed by atoms with Crippen molar-refractivity contribution >= 4 is 40.4 Å². The minimum Gasteiger partial charge on any atom is -0.459 e. The molecule has 1 aromatic heterocycles. The van der Waals surface area contributed by atoms with E-state index in [4.69, 9.17) is 9.15 Å². The van der Waals surface area contributed by atoms with Crippen molar-refractivity contribution in [1.29, 1.82) is 0 Å². The molecule has 1 aromatic rings. The number of esters is 1. The van der Waals surface area contributed by atoms with Crippen LogP contribution in [0.25, 0.3) is 0 Å². The van der Waals surface area contributed by atoms with Gasteiger partial charge in [0.25, 0.3) is 5.91 Å². The van der Waals surface area contributed by atoms with Gasteiger partial charge in [-0.25, -0.2) is 9.78 Å². The second kappa shape index (κ2) is 14.8. The first-order valence-electron chi connectivity index (χ1n) is 13.4. The van der Waals surface area contributed by atoms with Crippen molar-refractivity contribution in [2.75, 3.05) is 13.1 Å². The minimum absolute atomic E-state index is 0.0191. The molecule has 3 N–H and O–H groups in total. The molecule has 10 nitrogen and oxygen atoms in total. The first-order valence-corrected chi connectivity index (χ1v) is 14.6. The summed E-state index contributed by atoms with van der Waals surface area (Å²) in [5.41, 5.74) is 0.823. The van der Waals surface area contributed by atoms with Gasteiger partial charge in [-0.05, 0) is 32.1 Å². The van der Waals surface area contributed by atoms with Crippen LogP contribution < -0.4 is 5.32 Å². The average molecular weight is 656 g/mol. The topological polar surface area (TPSA) is 142 Å². The number of aliphatic hydroxyl groups is 2. The molecule has 2 aliphatic heterocycles. The molecule has 3 heterocycles. The number of ether oxygens (including phenoxy) is 1. The summed E-state index contributed by atoms with van der Waals surface area (Å²) >= 11 is 2.17. The van der Waals surface area contributed by atoms with Crippen LogP contribution in [0.1, 0.15) is 62.8 Å². The Bertz CT molecular complexity index is 1100. The van der Waals surface area contributed by atoms with E-state index in [1.165, 1.54) is 17.2 Å². The highest BCUT2D eigenvalue weighted by atomic mass is 127. The fourth-order valence-electron chi connectivity index (χ4n) is 4.59. The third-order valence-electron chi connectivity index (χ3n) is 6.91. The highest BCUT2D eigenvalue weighted by Crippen LogP contribution is 2.27. The Labute approximate surface area is 242 Å². The van der Waals surface area contributed by atoms with Gasteiger partial charge in [0, 0.05) is 25.6 Å². The molecule has 1 fully saturated rings. The molecule has 3 rings (SSSR count). The van der Waals surface area contributed by atoms with Crippen LogP contribution in [-0.4, -0.2) is 79.2 Å². The van der Waals surface area contributed by atoms with E-state index in [0.29, 0.717) is 25.9 Å². The zero-order valence-corrected chi connectivity index (χ0v) is 24.7. The van der Waals surface area contributed by atoms with E-state index in [9.17, 15) is 24.6 Å². The van der Waals surface area contributed by atoms with E-state index < -0.39 is 36.2 Å². The minimum atomic E-state index is -0.949. The molecular formula is C28H38IN3O7. The highest BCUT2D eigenvalue weighted by Gasteiger charge is 2.39. The standard InChI is InChI=1S/C28H38IN3O7/c1-4-18(3)26-21(29)9-10-24(35)30-11-5-7-17(2)13-19(33)14-20(34)15-25-31-22(16-38-25)27(36)32-12-6-8-23(32)28(37)39-26/h5,7,9-10,13,16,18-21,23,26,33-34H,4,6,8,11-12,14-15H2,1-3H3,(H,30,35)/b7-5+,10-9+,17-13+/t18?,19-,20-,21-,23?,26?/m1/s1. The SMILES string of the molecule is CCC(C)C1OC(=O)C2CCCN2C(=O)c2coc(n2)C[C@H](O)C[C@H](O)/C=C(C)/C=C/CNC(=O)/C=C/[C@H]1I. The van der Waals surface area contributed by atoms with Gasteiger partial charge in [0.05, 0.1) is 22.6 Å². The number of fused-ring (bicyclic) bond motifs is 3. The van der Waals surface area contributed by atoms with Gasteiger partial charge >= 0.3 is 5.97 Å². The number of aliphatic hydroxyl groups excluding tert-OH is 2. The predicted molar refractivity (Wildman–Crippen MR) is 153 cm³/mol. The number of hydrogen-bond donors (Lipinski definition) is 3. The average Bonchev–Trinajstić information content (AvgIpc) is 3.57. The van der Waals surface area contributed by atoms with E-state index in [2.05, 4.69) is 32.9 Å². The lowest BCUT2D eigenvalue weighted by molar-refractivity contribution is -0.155. The van der Waals surface area contributed by atoms with Crippen molar-refractivity contribution in [3.63, 3.8) is 0 Å². The summed E-state index contributed by atoms with van der Waals surface area (Å²) in [5.74, 6) is -1.00. The Morgan fingerprint density at radius 2 is 2.03 bits per heavy atom. The largest absolute Gasteiger partial charge is 0.459 e. The summed E-state index contributed by atoms with van der Waals surface area (Å²) in [4.78, 5) is 44.6. The number of oxazole rings is 1. The van der Waals surface area contributed by atoms with Gasteiger partial charge < -0.3 is 29.6 Å². The number of nitrogens with one attached hydrogen (secondary N) is 1. The second-order valence-corrected chi connectivity index (χ2v) is 11.5. The van der Waals surface area contributed by atoms with Crippen LogP contribution in [-0.2, 0) is 20.7 Å². The zero-order valence-electron chi connectivity index (χ0n) is 22.6. The maximum atomic E-state index is 13.3. The molecule has 0 aromatic carbocycles. The molecule has 6 atom stereocenters. The molecule has 11 heteroatoms. The number of allylic oxidation sites excluding steroid dienone is 2. The molecular weight excluding hydrogens is 617 g/mol. The van der Waals surface area contributed by atoms with Crippen LogP contribution in [0.5, 0.6) is 0 Å². The number of rotatable bonds is 2. The molecule has 39 heavy (non-hydrogen) atoms. The van der Waals surface area contributed by atoms with Gasteiger partial charge in [0.1, 0.15) is 18.4 Å². The summed E-state index contributed by atoms with van der Waals surface area (Å²) in [6.45, 7) is 6.49. The van der Waals surface area contributed by atoms with E-state index in [1.807, 2.05) is 20.8 Å². The molecule has 1 saturated heterocycles. The van der Waals surface area contributed by atoms with Crippen molar-refractivity contribution < 1.29 is 33.8 Å². The predicted octanol–water partition coefficient (Wildman–Crippen LogP) is 2.88. The second-order valence-electron chi connectivity index (χ2n) is 10.1. The Morgan fingerprint density at radius 1 is 1.26 bits per heavy atom. The van der Waals surface area contributed by atoms with Crippen molar-refractivity contribution in [2.45, 2.75) is 81.2 Å². The highest BCUT2D eigenvalue weighted by molar-refractivity contribution is 14.1. The van der Waals surface area contributed by atoms with Crippen molar-refractivity contribution in [3.05, 3.63) is 53.8 Å². The van der Waals surface area contributed by atoms with Gasteiger partial charge in [0.15, 0.2) is 11.6 Å². The van der Waals surface area contributed by atoms with Gasteiger partial charge in [-0.2, -0.15) is 0 Å². The molecule has 3 unspecified atom stereocenters. The van der Waals surface area contributed by atoms with Crippen LogP contribution in [0.15, 0.2) is 46.6 Å². The molecule has 2 amide bonds. The molecule has 2 aliphatic rings. The summed E-state index contributed by atoms with van der Waals surface area (Å²) in [5, 5.41) is 23.5. The van der Waals surface area contributed by atoms with Crippen molar-refractivity contribution in [1.82, 2.24) is 15.2 Å². The first kappa shape index (κ1) is 31.0. The van der Waals surface area contributed by atoms with E-state index in [0.717, 1.165) is 12.0 Å². The lowest BCUT2D eigenvalue weighted by Gasteiger charge is -2.29. The Hall–Kier alpha value is -2.51. The fourth-order valence-corrected chi connectivity index (χ4v) is 5.65. The number of amides is 2. The lowest BCUT2D eigenvalue weighted by Crippen LogP contribution is -2.44. The molecule has 2 bridgehead atoms. The smallest absolute Gasteiger partial charge is 0.329 e. The Kier molecular flexibility index (Phi) is 11.7. The summed E-state index contributed by atoms with van der Waals surface area (Å²) < 4.78 is 11.1. The fraction of sp³-hybridized carbons (Fsp3) is 0.571. The summed E-state index contributed by atoms with van der Waals surface area (Å²) in [6.07, 6.45) is 9.16. The van der Waals surface area contributed by atoms with Crippen LogP contribution in [0.2, 0.25) is 0 Å². The van der Waals surface area contributed by atoms with E-state index >= 15 is 0 Å². The van der Waals surface area contributed by atoms with Gasteiger partial charge in [0.2, 0.25) is 5.91 Å². The zero-order chi connectivity index (χ0) is 28.5. The van der Waals surface area contributed by atoms with E-state index in [-0.39, 0.29) is 40.2 Å². The molecule has 0 radical (unpaired) electrons. The third kappa shape index (κ3) is 9.00. The maximum absolute atomic E-state index is 13.3. The van der Waals surface area contributed by atoms with Crippen LogP contribution in [0, 0.1) is 5.92 Å². The summed E-state index contributed by atoms with van der Waals surface area (Å²) in [6, 6.07) is -0.746. The lowest BCUT2D eigenvalue weighted by atomic mass is 9.98. The maximum Gasteiger partial charge on any atom is 0.329 e. The van der Waals surface area contributed by atoms with Crippen LogP contribution in [0.4, 0.5) is 0 Å². The first-order chi connectivity index (χ1) is 18.6. The number of carbonyl (C=O) groups excluding carboxylic acids is 3. The molecule has 0 saturated carbocycles. The number of cyclic esters (lactones) is 1. The normalized spacial score (nSPS) is 31.8. The third-order valence-corrected chi connectivity index (χ3v) is 8.04. The number of nitrogens with zero attached hydrogens (tertiary/aromatic N) is 2. The monoisotopic (exact) mass is 655 g/mol. The van der Waals surface area contributed by atoms with Crippen molar-refractivity contribution in [3.8, 4) is 0 Å². The van der Waals surface area contributed by atoms with Gasteiger partial charge in [-0.3, -0.25) is 9.59 Å². The number of carbonyl (C=O) groups is 3. The van der Waals surface area contributed by atoms with Crippen LogP contribution >= 0.6 is 22.6 Å². The number of halogens is 1. The van der Waals surface area contributed by atoms with E-state index in [1.54, 1.807) is 24.3 Å². The Morgan fingerprint density at radius 3 is 2.77 bits per heavy atom. The van der Waals surface area contributed by atoms with Gasteiger partial charge in [-0.1, -0.05) is 66.3 Å². The molecule has 214 valence electrons. The van der Waals surface area contributed by atoms with Crippen LogP contribution in [0.3, 0.4) is 0 Å². The van der Waals surface area contributed by atoms with Gasteiger partial charge in [-0.15, -0.1) is 0 Å². The number of aromatic nitrogens is 1. The Balaban J connectivity index is 1.86. The number of alkyl halides is 1. The van der Waals surface area contributed by atoms with Crippen molar-refractivity contribution in [2.24, 2.45) is 5.92 Å². The quantitative estimate of drug-likeness (QED) is 0.251. The number of hydrogen-bond acceptors (Lipinski definition) is 8. The summed E-state index contributed by atoms with van der Waals surface area (Å²) in [7, 11) is 0.